The van der Waals surface area contributed by atoms with E-state index in [-0.39, 0.29) is 34.1 Å². The third kappa shape index (κ3) is 1.54. The van der Waals surface area contributed by atoms with Crippen LogP contribution >= 0.6 is 12.2 Å². The lowest BCUT2D eigenvalue weighted by molar-refractivity contribution is -0.125. The Hall–Kier alpha value is -1.75. The van der Waals surface area contributed by atoms with Crippen LogP contribution in [0.25, 0.3) is 0 Å². The summed E-state index contributed by atoms with van der Waals surface area (Å²) in [7, 11) is 0. The van der Waals surface area contributed by atoms with Gasteiger partial charge in [0.15, 0.2) is 0 Å². The number of fused-ring (bicyclic) bond motifs is 1. The van der Waals surface area contributed by atoms with Crippen molar-refractivity contribution in [2.45, 2.75) is 13.8 Å². The quantitative estimate of drug-likeness (QED) is 0.655. The summed E-state index contributed by atoms with van der Waals surface area (Å²) >= 11 is 4.91. The lowest BCUT2D eigenvalue weighted by atomic mass is 10.0. The topological polar surface area (TPSA) is 63.4 Å². The second-order valence-corrected chi connectivity index (χ2v) is 6.14. The molecule has 1 aromatic rings. The number of imide groups is 1. The molecule has 3 rings (SSSR count). The van der Waals surface area contributed by atoms with E-state index < -0.39 is 0 Å². The number of carbonyl (C=O) groups excluding carboxylic acids is 2. The fourth-order valence-electron chi connectivity index (χ4n) is 3.00. The molecule has 1 aromatic carbocycles. The van der Waals surface area contributed by atoms with E-state index in [9.17, 15) is 9.59 Å². The Morgan fingerprint density at radius 1 is 1.26 bits per heavy atom. The number of amides is 2. The first-order valence-electron chi connectivity index (χ1n) is 6.13. The summed E-state index contributed by atoms with van der Waals surface area (Å²) in [6.07, 6.45) is 0. The van der Waals surface area contributed by atoms with E-state index in [2.05, 4.69) is 0 Å². The van der Waals surface area contributed by atoms with Crippen LogP contribution in [0, 0.1) is 17.3 Å². The van der Waals surface area contributed by atoms with Gasteiger partial charge in [-0.1, -0.05) is 38.2 Å². The maximum Gasteiger partial charge on any atom is 0.238 e. The molecular weight excluding hydrogens is 260 g/mol. The number of nitrogens with two attached hydrogens (primary N) is 1. The number of hydrogen-bond acceptors (Lipinski definition) is 3. The second-order valence-electron chi connectivity index (χ2n) is 5.70. The molecule has 1 saturated heterocycles. The number of thiocarbonyl (C=S) groups is 1. The Balaban J connectivity index is 1.97. The Morgan fingerprint density at radius 2 is 1.84 bits per heavy atom. The van der Waals surface area contributed by atoms with Crippen LogP contribution in [-0.2, 0) is 9.59 Å². The van der Waals surface area contributed by atoms with Crippen molar-refractivity contribution < 1.29 is 9.59 Å². The van der Waals surface area contributed by atoms with Crippen molar-refractivity contribution in [1.29, 1.82) is 0 Å². The van der Waals surface area contributed by atoms with Crippen molar-refractivity contribution in [3.8, 4) is 0 Å². The van der Waals surface area contributed by atoms with Gasteiger partial charge in [0.05, 0.1) is 17.5 Å². The molecule has 0 bridgehead atoms. The van der Waals surface area contributed by atoms with Gasteiger partial charge >= 0.3 is 0 Å². The number of piperidine rings is 1. The predicted molar refractivity (Wildman–Crippen MR) is 75.6 cm³/mol. The van der Waals surface area contributed by atoms with Crippen molar-refractivity contribution in [2.24, 2.45) is 23.0 Å². The Labute approximate surface area is 116 Å². The highest BCUT2D eigenvalue weighted by molar-refractivity contribution is 7.80. The Morgan fingerprint density at radius 3 is 2.37 bits per heavy atom. The van der Waals surface area contributed by atoms with Crippen LogP contribution in [0.4, 0.5) is 5.69 Å². The summed E-state index contributed by atoms with van der Waals surface area (Å²) in [6, 6.07) is 6.94. The highest BCUT2D eigenvalue weighted by atomic mass is 32.1. The molecule has 2 unspecified atom stereocenters. The molecular formula is C14H14N2O2S. The zero-order valence-corrected chi connectivity index (χ0v) is 11.5. The normalized spacial score (nSPS) is 27.4. The Kier molecular flexibility index (Phi) is 2.35. The monoisotopic (exact) mass is 274 g/mol. The van der Waals surface area contributed by atoms with Crippen LogP contribution in [-0.4, -0.2) is 16.8 Å². The number of hydrogen-bond donors (Lipinski definition) is 1. The van der Waals surface area contributed by atoms with Gasteiger partial charge in [-0.3, -0.25) is 9.59 Å². The fourth-order valence-corrected chi connectivity index (χ4v) is 3.13. The number of anilines is 1. The van der Waals surface area contributed by atoms with Gasteiger partial charge in [0.1, 0.15) is 4.99 Å². The molecule has 2 atom stereocenters. The molecule has 4 nitrogen and oxygen atoms in total. The van der Waals surface area contributed by atoms with Gasteiger partial charge in [-0.2, -0.15) is 0 Å². The fraction of sp³-hybridized carbons (Fsp3) is 0.357. The van der Waals surface area contributed by atoms with E-state index >= 15 is 0 Å². The first-order chi connectivity index (χ1) is 8.85. The van der Waals surface area contributed by atoms with Crippen LogP contribution in [0.5, 0.6) is 0 Å². The second kappa shape index (κ2) is 3.63. The van der Waals surface area contributed by atoms with E-state index in [1.165, 1.54) is 4.90 Å². The van der Waals surface area contributed by atoms with Crippen LogP contribution < -0.4 is 10.6 Å². The number of rotatable bonds is 2. The molecule has 2 N–H and O–H groups in total. The van der Waals surface area contributed by atoms with Crippen molar-refractivity contribution in [3.63, 3.8) is 0 Å². The average molecular weight is 274 g/mol. The van der Waals surface area contributed by atoms with Crippen LogP contribution in [0.15, 0.2) is 24.3 Å². The zero-order valence-electron chi connectivity index (χ0n) is 10.7. The van der Waals surface area contributed by atoms with Crippen molar-refractivity contribution in [3.05, 3.63) is 29.8 Å². The van der Waals surface area contributed by atoms with Crippen LogP contribution in [0.2, 0.25) is 0 Å². The maximum atomic E-state index is 12.3. The summed E-state index contributed by atoms with van der Waals surface area (Å²) in [5, 5.41) is 0. The van der Waals surface area contributed by atoms with E-state index in [0.717, 1.165) is 0 Å². The average Bonchev–Trinajstić information content (AvgIpc) is 2.79. The van der Waals surface area contributed by atoms with E-state index in [1.54, 1.807) is 24.3 Å². The largest absolute Gasteiger partial charge is 0.389 e. The molecule has 19 heavy (non-hydrogen) atoms. The maximum absolute atomic E-state index is 12.3. The summed E-state index contributed by atoms with van der Waals surface area (Å²) < 4.78 is 0. The molecule has 5 heteroatoms. The predicted octanol–water partition coefficient (Wildman–Crippen LogP) is 1.47. The third-order valence-electron chi connectivity index (χ3n) is 4.19. The first kappa shape index (κ1) is 12.3. The minimum Gasteiger partial charge on any atom is -0.389 e. The highest BCUT2D eigenvalue weighted by Gasteiger charge is 2.72. The van der Waals surface area contributed by atoms with Crippen LogP contribution in [0.3, 0.4) is 0 Å². The van der Waals surface area contributed by atoms with Crippen molar-refractivity contribution in [2.75, 3.05) is 4.90 Å². The molecule has 1 heterocycles. The lowest BCUT2D eigenvalue weighted by Crippen LogP contribution is -2.36. The summed E-state index contributed by atoms with van der Waals surface area (Å²) in [5.74, 6) is -0.567. The molecule has 1 saturated carbocycles. The molecule has 2 aliphatic rings. The summed E-state index contributed by atoms with van der Waals surface area (Å²) in [6.45, 7) is 3.92. The summed E-state index contributed by atoms with van der Waals surface area (Å²) in [4.78, 5) is 26.1. The molecule has 2 fully saturated rings. The highest BCUT2D eigenvalue weighted by Crippen LogP contribution is 2.63. The van der Waals surface area contributed by atoms with Gasteiger partial charge in [0.25, 0.3) is 0 Å². The molecule has 0 radical (unpaired) electrons. The molecule has 98 valence electrons. The van der Waals surface area contributed by atoms with Gasteiger partial charge in [-0.15, -0.1) is 0 Å². The SMILES string of the molecule is CC1(C)C2C(=O)N(c3cccc(C(N)=S)c3)C(=O)C21. The number of benzene rings is 1. The van der Waals surface area contributed by atoms with Gasteiger partial charge in [0, 0.05) is 5.56 Å². The standard InChI is InChI=1S/C14H14N2O2S/c1-14(2)9-10(14)13(18)16(12(9)17)8-5-3-4-7(6-8)11(15)19/h3-6,9-10H,1-2H3,(H2,15,19). The molecule has 0 aromatic heterocycles. The van der Waals surface area contributed by atoms with E-state index in [0.29, 0.717) is 11.3 Å². The van der Waals surface area contributed by atoms with Gasteiger partial charge < -0.3 is 5.73 Å². The molecule has 1 aliphatic heterocycles. The van der Waals surface area contributed by atoms with E-state index in [4.69, 9.17) is 18.0 Å². The minimum atomic E-state index is -0.189. The summed E-state index contributed by atoms with van der Waals surface area (Å²) in [5.41, 5.74) is 6.60. The van der Waals surface area contributed by atoms with Crippen molar-refractivity contribution in [1.82, 2.24) is 0 Å². The smallest absolute Gasteiger partial charge is 0.238 e. The first-order valence-corrected chi connectivity index (χ1v) is 6.54. The molecule has 0 spiro atoms. The minimum absolute atomic E-state index is 0.111. The van der Waals surface area contributed by atoms with Crippen molar-refractivity contribution >= 4 is 34.7 Å². The Bertz CT molecular complexity index is 600. The lowest BCUT2D eigenvalue weighted by Gasteiger charge is -2.20. The molecule has 2 amide bonds. The van der Waals surface area contributed by atoms with Gasteiger partial charge in [-0.25, -0.2) is 4.90 Å². The number of nitrogens with zero attached hydrogens (tertiary/aromatic N) is 1. The van der Waals surface area contributed by atoms with Gasteiger partial charge in [-0.05, 0) is 17.5 Å². The zero-order chi connectivity index (χ0) is 13.9. The van der Waals surface area contributed by atoms with E-state index in [1.807, 2.05) is 13.8 Å². The third-order valence-corrected chi connectivity index (χ3v) is 4.42. The number of carbonyl (C=O) groups is 2. The van der Waals surface area contributed by atoms with Crippen LogP contribution in [0.1, 0.15) is 19.4 Å². The molecule has 1 aliphatic carbocycles. The van der Waals surface area contributed by atoms with Gasteiger partial charge in [0.2, 0.25) is 11.8 Å².